The maximum atomic E-state index is 5.75. The van der Waals surface area contributed by atoms with Crippen LogP contribution >= 0.6 is 11.7 Å². The summed E-state index contributed by atoms with van der Waals surface area (Å²) >= 11 is 1.22. The second-order valence-electron chi connectivity index (χ2n) is 15.7. The number of aromatic nitrogens is 6. The van der Waals surface area contributed by atoms with E-state index in [1.54, 1.807) is 0 Å². The zero-order valence-corrected chi connectivity index (χ0v) is 35.3. The molecule has 12 rings (SSSR count). The second kappa shape index (κ2) is 14.8. The Morgan fingerprint density at radius 3 is 1.00 bits per heavy atom. The Hall–Kier alpha value is -8.14. The van der Waals surface area contributed by atoms with Gasteiger partial charge in [0, 0.05) is 47.6 Å². The summed E-state index contributed by atoms with van der Waals surface area (Å²) < 4.78 is 14.7. The first kappa shape index (κ1) is 36.7. The lowest BCUT2D eigenvalue weighted by Gasteiger charge is -2.26. The maximum Gasteiger partial charge on any atom is 0.117 e. The number of hydrogen-bond acceptors (Lipinski definition) is 7. The first-order valence-corrected chi connectivity index (χ1v) is 21.7. The van der Waals surface area contributed by atoms with Gasteiger partial charge >= 0.3 is 0 Å². The molecule has 300 valence electrons. The summed E-state index contributed by atoms with van der Waals surface area (Å²) in [5.74, 6) is 1.99. The van der Waals surface area contributed by atoms with Crippen LogP contribution < -0.4 is 9.80 Å². The minimum absolute atomic E-state index is 0.766. The quantitative estimate of drug-likeness (QED) is 0.112. The van der Waals surface area contributed by atoms with E-state index in [9.17, 15) is 0 Å². The smallest absolute Gasteiger partial charge is 0.117 e. The highest BCUT2D eigenvalue weighted by Gasteiger charge is 2.29. The van der Waals surface area contributed by atoms with E-state index in [-0.39, 0.29) is 0 Å². The van der Waals surface area contributed by atoms with Gasteiger partial charge in [-0.2, -0.15) is 8.75 Å². The van der Waals surface area contributed by atoms with Crippen molar-refractivity contribution in [2.24, 2.45) is 14.1 Å². The molecule has 0 saturated carbocycles. The van der Waals surface area contributed by atoms with E-state index in [0.29, 0.717) is 0 Å². The summed E-state index contributed by atoms with van der Waals surface area (Å²) in [7, 11) is 4.25. The van der Waals surface area contributed by atoms with E-state index in [1.165, 1.54) is 11.7 Å². The normalized spacial score (nSPS) is 11.7. The van der Waals surface area contributed by atoms with Gasteiger partial charge in [0.1, 0.15) is 33.7 Å². The number of nitrogens with zero attached hydrogens (tertiary/aromatic N) is 8. The van der Waals surface area contributed by atoms with E-state index >= 15 is 0 Å². The maximum absolute atomic E-state index is 5.75. The van der Waals surface area contributed by atoms with Crippen LogP contribution in [0.25, 0.3) is 77.2 Å². The predicted octanol–water partition coefficient (Wildman–Crippen LogP) is 14.0. The molecule has 0 bridgehead atoms. The molecule has 0 spiro atoms. The molecule has 0 aliphatic heterocycles. The van der Waals surface area contributed by atoms with Crippen molar-refractivity contribution in [3.05, 3.63) is 194 Å². The topological polar surface area (TPSA) is 67.9 Å². The zero-order chi connectivity index (χ0) is 42.0. The van der Waals surface area contributed by atoms with Crippen LogP contribution in [0.4, 0.5) is 34.4 Å². The molecule has 8 aromatic carbocycles. The standard InChI is InChI=1S/C54H38N8S/c1-59-43(31-33-45(59)61(35-19-7-3-8-20-35)36-21-9-4-10-22-36)47-51-52(56-50-42-30-18-16-28-40(42)39-27-15-17-29-41(39)49(50)55-51)48(54-53(47)57-63-58-54)44-32-34-46(60(44)2)62(37-23-11-5-12-24-37)38-25-13-6-14-26-38/h3-34H,1-2H3. The van der Waals surface area contributed by atoms with Crippen molar-refractivity contribution in [3.8, 4) is 22.5 Å². The van der Waals surface area contributed by atoms with Gasteiger partial charge in [-0.05, 0) is 83.6 Å². The fourth-order valence-corrected chi connectivity index (χ4v) is 9.88. The Balaban J connectivity index is 1.17. The van der Waals surface area contributed by atoms with Gasteiger partial charge in [-0.25, -0.2) is 9.97 Å². The van der Waals surface area contributed by atoms with E-state index in [4.69, 9.17) is 18.7 Å². The van der Waals surface area contributed by atoms with Gasteiger partial charge in [0.05, 0.1) is 45.3 Å². The van der Waals surface area contributed by atoms with E-state index in [1.807, 2.05) is 0 Å². The van der Waals surface area contributed by atoms with Gasteiger partial charge in [-0.3, -0.25) is 9.80 Å². The van der Waals surface area contributed by atoms with Gasteiger partial charge in [0.15, 0.2) is 0 Å². The van der Waals surface area contributed by atoms with E-state index in [0.717, 1.165) is 112 Å². The van der Waals surface area contributed by atoms with Crippen LogP contribution in [0.5, 0.6) is 0 Å². The molecule has 0 aliphatic rings. The van der Waals surface area contributed by atoms with E-state index < -0.39 is 0 Å². The predicted molar refractivity (Wildman–Crippen MR) is 261 cm³/mol. The minimum atomic E-state index is 0.766. The number of hydrogen-bond donors (Lipinski definition) is 0. The van der Waals surface area contributed by atoms with Crippen LogP contribution in [0.2, 0.25) is 0 Å². The van der Waals surface area contributed by atoms with Crippen molar-refractivity contribution in [2.45, 2.75) is 0 Å². The molecule has 12 aromatic rings. The van der Waals surface area contributed by atoms with Gasteiger partial charge in [-0.15, -0.1) is 0 Å². The van der Waals surface area contributed by atoms with Gasteiger partial charge in [-0.1, -0.05) is 121 Å². The van der Waals surface area contributed by atoms with Crippen molar-refractivity contribution >= 4 is 101 Å². The van der Waals surface area contributed by atoms with Gasteiger partial charge < -0.3 is 9.13 Å². The molecule has 0 fully saturated rings. The second-order valence-corrected chi connectivity index (χ2v) is 16.2. The third-order valence-corrected chi connectivity index (χ3v) is 12.7. The highest BCUT2D eigenvalue weighted by atomic mass is 32.1. The largest absolute Gasteiger partial charge is 0.330 e. The summed E-state index contributed by atoms with van der Waals surface area (Å²) in [6.45, 7) is 0. The molecular weight excluding hydrogens is 793 g/mol. The van der Waals surface area contributed by atoms with Crippen molar-refractivity contribution in [1.82, 2.24) is 27.8 Å². The van der Waals surface area contributed by atoms with Crippen molar-refractivity contribution in [3.63, 3.8) is 0 Å². The Bertz CT molecular complexity index is 3340. The first-order valence-electron chi connectivity index (χ1n) is 21.0. The highest BCUT2D eigenvalue weighted by molar-refractivity contribution is 7.00. The molecular formula is C54H38N8S. The molecule has 8 nitrogen and oxygen atoms in total. The molecule has 0 N–H and O–H groups in total. The Morgan fingerprint density at radius 2 is 0.651 bits per heavy atom. The van der Waals surface area contributed by atoms with Gasteiger partial charge in [0.25, 0.3) is 0 Å². The van der Waals surface area contributed by atoms with Crippen LogP contribution in [0.15, 0.2) is 194 Å². The summed E-state index contributed by atoms with van der Waals surface area (Å²) in [5, 5.41) is 4.39. The Labute approximate surface area is 367 Å². The summed E-state index contributed by atoms with van der Waals surface area (Å²) in [4.78, 5) is 16.1. The first-order chi connectivity index (χ1) is 31.1. The van der Waals surface area contributed by atoms with Crippen LogP contribution in [-0.4, -0.2) is 27.8 Å². The molecule has 63 heavy (non-hydrogen) atoms. The summed E-state index contributed by atoms with van der Waals surface area (Å²) in [5.41, 5.74) is 12.7. The molecule has 0 aliphatic carbocycles. The number of rotatable bonds is 8. The fraction of sp³-hybridized carbons (Fsp3) is 0.0370. The van der Waals surface area contributed by atoms with Crippen LogP contribution in [0, 0.1) is 0 Å². The third-order valence-electron chi connectivity index (χ3n) is 12.2. The minimum Gasteiger partial charge on any atom is -0.330 e. The molecule has 0 amide bonds. The fourth-order valence-electron chi connectivity index (χ4n) is 9.32. The highest BCUT2D eigenvalue weighted by Crippen LogP contribution is 2.47. The lowest BCUT2D eigenvalue weighted by Crippen LogP contribution is -2.14. The van der Waals surface area contributed by atoms with Gasteiger partial charge in [0.2, 0.25) is 0 Å². The Morgan fingerprint density at radius 1 is 0.333 bits per heavy atom. The van der Waals surface area contributed by atoms with Crippen LogP contribution in [-0.2, 0) is 14.1 Å². The zero-order valence-electron chi connectivity index (χ0n) is 34.5. The number of benzene rings is 8. The summed E-state index contributed by atoms with van der Waals surface area (Å²) in [6.07, 6.45) is 0. The van der Waals surface area contributed by atoms with E-state index in [2.05, 4.69) is 227 Å². The van der Waals surface area contributed by atoms with Crippen molar-refractivity contribution < 1.29 is 0 Å². The van der Waals surface area contributed by atoms with Crippen molar-refractivity contribution in [2.75, 3.05) is 9.80 Å². The number of para-hydroxylation sites is 4. The third kappa shape index (κ3) is 5.81. The Kier molecular flexibility index (Phi) is 8.62. The van der Waals surface area contributed by atoms with Crippen molar-refractivity contribution in [1.29, 1.82) is 0 Å². The molecule has 0 saturated heterocycles. The summed E-state index contributed by atoms with van der Waals surface area (Å²) in [6, 6.07) is 67.8. The molecule has 0 unspecified atom stereocenters. The SMILES string of the molecule is Cn1c(-c2c3nsnc3c(-c3ccc(N(c4ccccc4)c4ccccc4)n3C)c3nc4c5ccccc5c5ccccc5c4nc23)ccc1N(c1ccccc1)c1ccccc1. The number of anilines is 6. The lowest BCUT2D eigenvalue weighted by atomic mass is 9.97. The molecule has 9 heteroatoms. The van der Waals surface area contributed by atoms with Crippen LogP contribution in [0.1, 0.15) is 0 Å². The molecule has 4 heterocycles. The number of fused-ring (bicyclic) bond motifs is 8. The monoisotopic (exact) mass is 830 g/mol. The van der Waals surface area contributed by atoms with Crippen LogP contribution in [0.3, 0.4) is 0 Å². The average molecular weight is 831 g/mol. The lowest BCUT2D eigenvalue weighted by molar-refractivity contribution is 0.921. The average Bonchev–Trinajstić information content (AvgIpc) is 4.08. The molecule has 4 aromatic heterocycles. The molecule has 0 radical (unpaired) electrons. The molecule has 0 atom stereocenters.